The Balaban J connectivity index is 1.52. The van der Waals surface area contributed by atoms with E-state index in [1.807, 2.05) is 0 Å². The van der Waals surface area contributed by atoms with Gasteiger partial charge in [0, 0.05) is 6.04 Å². The quantitative estimate of drug-likeness (QED) is 0.413. The van der Waals surface area contributed by atoms with Gasteiger partial charge in [-0.1, -0.05) is 35.3 Å². The lowest BCUT2D eigenvalue weighted by molar-refractivity contribution is -0.314. The summed E-state index contributed by atoms with van der Waals surface area (Å²) in [7, 11) is 0. The number of rotatable bonds is 6. The third kappa shape index (κ3) is 4.97. The van der Waals surface area contributed by atoms with Crippen LogP contribution >= 0.6 is 23.2 Å². The molecule has 0 radical (unpaired) electrons. The normalized spacial score (nSPS) is 29.5. The molecule has 1 saturated carbocycles. The highest BCUT2D eigenvalue weighted by molar-refractivity contribution is 6.34. The van der Waals surface area contributed by atoms with E-state index in [2.05, 4.69) is 5.32 Å². The van der Waals surface area contributed by atoms with Crippen molar-refractivity contribution < 1.29 is 34.7 Å². The van der Waals surface area contributed by atoms with Crippen LogP contribution in [0.15, 0.2) is 36.4 Å². The van der Waals surface area contributed by atoms with Gasteiger partial charge in [0.1, 0.15) is 24.1 Å². The van der Waals surface area contributed by atoms with Gasteiger partial charge in [0.15, 0.2) is 5.60 Å². The van der Waals surface area contributed by atoms with Gasteiger partial charge in [-0.15, -0.1) is 0 Å². The third-order valence-corrected chi connectivity index (χ3v) is 6.49. The summed E-state index contributed by atoms with van der Waals surface area (Å²) in [6.07, 6.45) is -3.66. The Morgan fingerprint density at radius 3 is 2.36 bits per heavy atom. The second-order valence-corrected chi connectivity index (χ2v) is 9.37. The lowest BCUT2D eigenvalue weighted by Crippen LogP contribution is -2.66. The standard InChI is InChI=1S/C23H25Cl2NO7/c1-23(31)20(29)19(28)18(10-27)33-22(23)32-17-7-3-12(9-16(17)25)11-2-6-14(15(24)8-11)21(30)26-13-4-5-13/h2-3,6-9,13,18-20,22,27-29,31H,4-5,10H2,1H3,(H,26,30)/t18-,19-,20+,22+,23+/m1/s1. The molecule has 1 aliphatic carbocycles. The summed E-state index contributed by atoms with van der Waals surface area (Å²) >= 11 is 12.7. The van der Waals surface area contributed by atoms with Crippen molar-refractivity contribution in [3.8, 4) is 16.9 Å². The Labute approximate surface area is 200 Å². The van der Waals surface area contributed by atoms with Gasteiger partial charge in [-0.2, -0.15) is 0 Å². The number of hydrogen-bond donors (Lipinski definition) is 5. The van der Waals surface area contributed by atoms with Crippen molar-refractivity contribution in [2.24, 2.45) is 0 Å². The van der Waals surface area contributed by atoms with Crippen molar-refractivity contribution in [2.45, 2.75) is 56.0 Å². The van der Waals surface area contributed by atoms with Crippen LogP contribution in [-0.4, -0.2) is 69.2 Å². The van der Waals surface area contributed by atoms with Gasteiger partial charge in [-0.05, 0) is 55.2 Å². The monoisotopic (exact) mass is 497 g/mol. The Hall–Kier alpha value is -1.91. The zero-order valence-electron chi connectivity index (χ0n) is 17.7. The first kappa shape index (κ1) is 24.2. The molecule has 8 nitrogen and oxygen atoms in total. The van der Waals surface area contributed by atoms with Crippen molar-refractivity contribution in [2.75, 3.05) is 6.61 Å². The van der Waals surface area contributed by atoms with Crippen molar-refractivity contribution in [1.29, 1.82) is 0 Å². The molecule has 0 spiro atoms. The number of ether oxygens (including phenoxy) is 2. The molecule has 1 heterocycles. The number of carbonyl (C=O) groups excluding carboxylic acids is 1. The van der Waals surface area contributed by atoms with Gasteiger partial charge in [-0.3, -0.25) is 4.79 Å². The minimum absolute atomic E-state index is 0.164. The minimum atomic E-state index is -1.96. The Kier molecular flexibility index (Phi) is 6.89. The molecule has 1 aliphatic heterocycles. The fourth-order valence-corrected chi connectivity index (χ4v) is 4.12. The molecule has 2 fully saturated rings. The highest BCUT2D eigenvalue weighted by Crippen LogP contribution is 2.36. The lowest BCUT2D eigenvalue weighted by Gasteiger charge is -2.45. The van der Waals surface area contributed by atoms with Gasteiger partial charge in [0.25, 0.3) is 5.91 Å². The second kappa shape index (κ2) is 9.38. The molecule has 4 rings (SSSR count). The van der Waals surface area contributed by atoms with Crippen LogP contribution in [0.3, 0.4) is 0 Å². The van der Waals surface area contributed by atoms with Gasteiger partial charge in [0.05, 0.1) is 22.2 Å². The predicted octanol–water partition coefficient (Wildman–Crippen LogP) is 2.12. The summed E-state index contributed by atoms with van der Waals surface area (Å²) in [6, 6.07) is 10.2. The zero-order chi connectivity index (χ0) is 23.9. The number of carbonyl (C=O) groups is 1. The molecule has 5 atom stereocenters. The lowest BCUT2D eigenvalue weighted by atomic mass is 9.88. The fourth-order valence-electron chi connectivity index (χ4n) is 3.62. The molecule has 2 aromatic rings. The van der Waals surface area contributed by atoms with E-state index in [-0.39, 0.29) is 22.7 Å². The van der Waals surface area contributed by atoms with E-state index in [4.69, 9.17) is 32.7 Å². The molecular formula is C23H25Cl2NO7. The average Bonchev–Trinajstić information content (AvgIpc) is 3.59. The van der Waals surface area contributed by atoms with Gasteiger partial charge < -0.3 is 35.2 Å². The highest BCUT2D eigenvalue weighted by Gasteiger charge is 2.53. The van der Waals surface area contributed by atoms with E-state index >= 15 is 0 Å². The Morgan fingerprint density at radius 1 is 1.15 bits per heavy atom. The highest BCUT2D eigenvalue weighted by atomic mass is 35.5. The van der Waals surface area contributed by atoms with Gasteiger partial charge in [-0.25, -0.2) is 0 Å². The molecule has 2 aromatic carbocycles. The number of aliphatic hydroxyl groups excluding tert-OH is 3. The average molecular weight is 498 g/mol. The number of nitrogens with one attached hydrogen (secondary N) is 1. The summed E-state index contributed by atoms with van der Waals surface area (Å²) < 4.78 is 11.1. The molecule has 0 unspecified atom stereocenters. The van der Waals surface area contributed by atoms with Crippen molar-refractivity contribution in [3.05, 3.63) is 52.0 Å². The summed E-state index contributed by atoms with van der Waals surface area (Å²) in [5.41, 5.74) is -0.119. The van der Waals surface area contributed by atoms with Crippen LogP contribution < -0.4 is 10.1 Å². The first-order valence-electron chi connectivity index (χ1n) is 10.5. The van der Waals surface area contributed by atoms with Crippen LogP contribution in [-0.2, 0) is 4.74 Å². The predicted molar refractivity (Wildman–Crippen MR) is 121 cm³/mol. The van der Waals surface area contributed by atoms with Crippen LogP contribution in [0.25, 0.3) is 11.1 Å². The van der Waals surface area contributed by atoms with E-state index in [9.17, 15) is 25.2 Å². The molecule has 0 aromatic heterocycles. The molecule has 1 amide bonds. The van der Waals surface area contributed by atoms with Gasteiger partial charge in [0.2, 0.25) is 6.29 Å². The van der Waals surface area contributed by atoms with Crippen LogP contribution in [0.4, 0.5) is 0 Å². The number of amides is 1. The molecule has 178 valence electrons. The summed E-state index contributed by atoms with van der Waals surface area (Å²) in [6.45, 7) is 0.681. The van der Waals surface area contributed by atoms with E-state index in [0.29, 0.717) is 16.1 Å². The number of halogens is 2. The van der Waals surface area contributed by atoms with E-state index in [0.717, 1.165) is 18.4 Å². The first-order chi connectivity index (χ1) is 15.6. The maximum atomic E-state index is 12.3. The topological polar surface area (TPSA) is 128 Å². The summed E-state index contributed by atoms with van der Waals surface area (Å²) in [5, 5.41) is 43.6. The third-order valence-electron chi connectivity index (χ3n) is 5.88. The van der Waals surface area contributed by atoms with Crippen LogP contribution in [0, 0.1) is 0 Å². The van der Waals surface area contributed by atoms with Crippen molar-refractivity contribution in [3.63, 3.8) is 0 Å². The second-order valence-electron chi connectivity index (χ2n) is 8.56. The minimum Gasteiger partial charge on any atom is -0.460 e. The smallest absolute Gasteiger partial charge is 0.253 e. The zero-order valence-corrected chi connectivity index (χ0v) is 19.3. The number of hydrogen-bond acceptors (Lipinski definition) is 7. The Bertz CT molecular complexity index is 1040. The van der Waals surface area contributed by atoms with Crippen molar-refractivity contribution in [1.82, 2.24) is 5.32 Å². The molecule has 10 heteroatoms. The summed E-state index contributed by atoms with van der Waals surface area (Å²) in [4.78, 5) is 12.3. The van der Waals surface area contributed by atoms with Crippen LogP contribution in [0.5, 0.6) is 5.75 Å². The van der Waals surface area contributed by atoms with E-state index in [1.165, 1.54) is 6.92 Å². The maximum absolute atomic E-state index is 12.3. The van der Waals surface area contributed by atoms with Crippen LogP contribution in [0.2, 0.25) is 10.0 Å². The largest absolute Gasteiger partial charge is 0.460 e. The van der Waals surface area contributed by atoms with Crippen molar-refractivity contribution >= 4 is 29.1 Å². The fraction of sp³-hybridized carbons (Fsp3) is 0.435. The SMILES string of the molecule is C[C@@]1(O)[C@@H](Oc2ccc(-c3ccc(C(=O)NC4CC4)c(Cl)c3)cc2Cl)O[C@H](CO)[C@@H](O)[C@@H]1O. The molecule has 33 heavy (non-hydrogen) atoms. The number of benzene rings is 2. The van der Waals surface area contributed by atoms with Crippen LogP contribution in [0.1, 0.15) is 30.1 Å². The first-order valence-corrected chi connectivity index (χ1v) is 11.3. The molecule has 5 N–H and O–H groups in total. The number of aliphatic hydroxyl groups is 4. The molecule has 1 saturated heterocycles. The van der Waals surface area contributed by atoms with E-state index < -0.39 is 36.8 Å². The maximum Gasteiger partial charge on any atom is 0.253 e. The summed E-state index contributed by atoms with van der Waals surface area (Å²) in [5.74, 6) is -0.0404. The molecular weight excluding hydrogens is 473 g/mol. The molecule has 0 bridgehead atoms. The molecule has 2 aliphatic rings. The van der Waals surface area contributed by atoms with E-state index in [1.54, 1.807) is 36.4 Å². The van der Waals surface area contributed by atoms with Gasteiger partial charge >= 0.3 is 0 Å². The Morgan fingerprint density at radius 2 is 1.79 bits per heavy atom.